The van der Waals surface area contributed by atoms with Crippen LogP contribution in [0.2, 0.25) is 5.02 Å². The van der Waals surface area contributed by atoms with E-state index in [2.05, 4.69) is 14.9 Å². The molecule has 6 nitrogen and oxygen atoms in total. The van der Waals surface area contributed by atoms with Crippen molar-refractivity contribution in [2.45, 2.75) is 37.5 Å². The predicted octanol–water partition coefficient (Wildman–Crippen LogP) is 4.09. The van der Waals surface area contributed by atoms with Crippen LogP contribution >= 0.6 is 11.6 Å². The van der Waals surface area contributed by atoms with E-state index in [1.807, 2.05) is 6.92 Å². The van der Waals surface area contributed by atoms with Crippen molar-refractivity contribution >= 4 is 27.7 Å². The fourth-order valence-electron chi connectivity index (χ4n) is 4.26. The van der Waals surface area contributed by atoms with Gasteiger partial charge in [0.25, 0.3) is 10.1 Å². The second-order valence-electron chi connectivity index (χ2n) is 8.06. The van der Waals surface area contributed by atoms with Crippen molar-refractivity contribution in [3.8, 4) is 0 Å². The molecule has 0 bridgehead atoms. The van der Waals surface area contributed by atoms with Crippen molar-refractivity contribution in [3.63, 3.8) is 0 Å². The van der Waals surface area contributed by atoms with Crippen LogP contribution in [0, 0.1) is 24.7 Å². The first-order valence-corrected chi connectivity index (χ1v) is 11.9. The van der Waals surface area contributed by atoms with Gasteiger partial charge in [-0.2, -0.15) is 8.42 Å². The third kappa shape index (κ3) is 5.08. The van der Waals surface area contributed by atoms with Crippen LogP contribution in [0.15, 0.2) is 41.6 Å². The summed E-state index contributed by atoms with van der Waals surface area (Å²) in [4.78, 5) is 11.0. The number of benzene rings is 1. The van der Waals surface area contributed by atoms with Crippen molar-refractivity contribution < 1.29 is 12.6 Å². The lowest BCUT2D eigenvalue weighted by molar-refractivity contribution is 0.287. The highest BCUT2D eigenvalue weighted by molar-refractivity contribution is 7.86. The van der Waals surface area contributed by atoms with Crippen molar-refractivity contribution in [2.24, 2.45) is 17.8 Å². The zero-order chi connectivity index (χ0) is 20.4. The molecule has 0 amide bonds. The van der Waals surface area contributed by atoms with E-state index in [-0.39, 0.29) is 11.5 Å². The van der Waals surface area contributed by atoms with Gasteiger partial charge in [0.1, 0.15) is 0 Å². The van der Waals surface area contributed by atoms with E-state index in [4.69, 9.17) is 15.8 Å². The molecular formula is C21H26ClN3O3S. The monoisotopic (exact) mass is 435 g/mol. The largest absolute Gasteiger partial charge is 0.341 e. The van der Waals surface area contributed by atoms with Gasteiger partial charge < -0.3 is 4.90 Å². The van der Waals surface area contributed by atoms with E-state index in [1.165, 1.54) is 6.42 Å². The predicted molar refractivity (Wildman–Crippen MR) is 113 cm³/mol. The lowest BCUT2D eigenvalue weighted by Crippen LogP contribution is -2.35. The molecule has 0 spiro atoms. The Morgan fingerprint density at radius 1 is 1.14 bits per heavy atom. The zero-order valence-corrected chi connectivity index (χ0v) is 18.1. The molecule has 0 N–H and O–H groups in total. The minimum Gasteiger partial charge on any atom is -0.341 e. The van der Waals surface area contributed by atoms with Crippen molar-refractivity contribution in [1.82, 2.24) is 9.97 Å². The van der Waals surface area contributed by atoms with Crippen LogP contribution < -0.4 is 4.90 Å². The Kier molecular flexibility index (Phi) is 6.08. The molecule has 0 radical (unpaired) electrons. The molecule has 2 aliphatic rings. The zero-order valence-electron chi connectivity index (χ0n) is 16.5. The van der Waals surface area contributed by atoms with E-state index >= 15 is 0 Å². The SMILES string of the molecule is Cc1ccc(S(=O)(=O)OCCC2C[C@@H]2C2CCN(c3ncc(Cl)cn3)CC2)cc1. The molecule has 1 aliphatic heterocycles. The van der Waals surface area contributed by atoms with E-state index in [9.17, 15) is 8.42 Å². The van der Waals surface area contributed by atoms with Gasteiger partial charge in [0.05, 0.1) is 28.9 Å². The van der Waals surface area contributed by atoms with E-state index in [0.717, 1.165) is 43.9 Å². The van der Waals surface area contributed by atoms with Crippen LogP contribution in [0.4, 0.5) is 5.95 Å². The molecule has 1 aromatic heterocycles. The lowest BCUT2D eigenvalue weighted by atomic mass is 9.90. The minimum absolute atomic E-state index is 0.229. The first-order valence-electron chi connectivity index (χ1n) is 10.1. The maximum Gasteiger partial charge on any atom is 0.296 e. The second kappa shape index (κ2) is 8.58. The third-order valence-corrected chi connectivity index (χ3v) is 7.57. The molecule has 156 valence electrons. The molecule has 2 fully saturated rings. The van der Waals surface area contributed by atoms with Crippen LogP contribution in [0.1, 0.15) is 31.2 Å². The lowest BCUT2D eigenvalue weighted by Gasteiger charge is -2.32. The average molecular weight is 436 g/mol. The van der Waals surface area contributed by atoms with Gasteiger partial charge in [-0.05, 0) is 62.5 Å². The standard InChI is InChI=1S/C21H26ClN3O3S/c1-15-2-4-19(5-3-15)29(26,27)28-11-8-17-12-20(17)16-6-9-25(10-7-16)21-23-13-18(22)14-24-21/h2-5,13-14,16-17,20H,6-12H2,1H3/t17?,20-/m1/s1. The topological polar surface area (TPSA) is 72.4 Å². The van der Waals surface area contributed by atoms with Gasteiger partial charge in [-0.1, -0.05) is 29.3 Å². The van der Waals surface area contributed by atoms with Gasteiger partial charge in [-0.3, -0.25) is 4.18 Å². The molecule has 1 saturated heterocycles. The highest BCUT2D eigenvalue weighted by Crippen LogP contribution is 2.50. The molecule has 1 unspecified atom stereocenters. The molecule has 29 heavy (non-hydrogen) atoms. The maximum absolute atomic E-state index is 12.3. The Hall–Kier alpha value is -1.70. The first-order chi connectivity index (χ1) is 13.9. The fraction of sp³-hybridized carbons (Fsp3) is 0.524. The van der Waals surface area contributed by atoms with Gasteiger partial charge in [0, 0.05) is 13.1 Å². The van der Waals surface area contributed by atoms with Gasteiger partial charge in [0.15, 0.2) is 0 Å². The fourth-order valence-corrected chi connectivity index (χ4v) is 5.28. The average Bonchev–Trinajstić information content (AvgIpc) is 3.48. The van der Waals surface area contributed by atoms with Crippen LogP contribution in [-0.4, -0.2) is 38.1 Å². The van der Waals surface area contributed by atoms with E-state index in [0.29, 0.717) is 22.8 Å². The molecule has 1 aliphatic carbocycles. The summed E-state index contributed by atoms with van der Waals surface area (Å²) in [6, 6.07) is 6.77. The molecular weight excluding hydrogens is 410 g/mol. The number of nitrogens with zero attached hydrogens (tertiary/aromatic N) is 3. The Bertz CT molecular complexity index is 927. The van der Waals surface area contributed by atoms with Crippen LogP contribution in [0.25, 0.3) is 0 Å². The van der Waals surface area contributed by atoms with Crippen LogP contribution in [-0.2, 0) is 14.3 Å². The Morgan fingerprint density at radius 3 is 2.45 bits per heavy atom. The summed E-state index contributed by atoms with van der Waals surface area (Å²) in [5, 5.41) is 0.552. The van der Waals surface area contributed by atoms with E-state index in [1.54, 1.807) is 36.7 Å². The van der Waals surface area contributed by atoms with Gasteiger partial charge in [0.2, 0.25) is 5.95 Å². The number of aryl methyl sites for hydroxylation is 1. The number of anilines is 1. The van der Waals surface area contributed by atoms with Crippen LogP contribution in [0.5, 0.6) is 0 Å². The molecule has 2 aromatic rings. The summed E-state index contributed by atoms with van der Waals surface area (Å²) in [6.45, 7) is 4.09. The number of hydrogen-bond donors (Lipinski definition) is 0. The molecule has 1 aromatic carbocycles. The summed E-state index contributed by atoms with van der Waals surface area (Å²) in [7, 11) is -3.66. The third-order valence-electron chi connectivity index (χ3n) is 6.05. The summed E-state index contributed by atoms with van der Waals surface area (Å²) in [6.07, 6.45) is 7.49. The molecule has 4 rings (SSSR count). The number of piperidine rings is 1. The molecule has 8 heteroatoms. The van der Waals surface area contributed by atoms with Gasteiger partial charge >= 0.3 is 0 Å². The summed E-state index contributed by atoms with van der Waals surface area (Å²) in [5.74, 6) is 2.70. The molecule has 2 atom stereocenters. The Balaban J connectivity index is 1.20. The normalized spacial score (nSPS) is 22.6. The number of aromatic nitrogens is 2. The van der Waals surface area contributed by atoms with Gasteiger partial charge in [-0.25, -0.2) is 9.97 Å². The number of rotatable bonds is 7. The quantitative estimate of drug-likeness (QED) is 0.610. The summed E-state index contributed by atoms with van der Waals surface area (Å²) < 4.78 is 29.8. The van der Waals surface area contributed by atoms with Crippen LogP contribution in [0.3, 0.4) is 0 Å². The van der Waals surface area contributed by atoms with E-state index < -0.39 is 10.1 Å². The Morgan fingerprint density at radius 2 is 1.79 bits per heavy atom. The summed E-state index contributed by atoms with van der Waals surface area (Å²) >= 11 is 5.86. The second-order valence-corrected chi connectivity index (χ2v) is 10.1. The van der Waals surface area contributed by atoms with Gasteiger partial charge in [-0.15, -0.1) is 0 Å². The highest BCUT2D eigenvalue weighted by atomic mass is 35.5. The summed E-state index contributed by atoms with van der Waals surface area (Å²) in [5.41, 5.74) is 1.03. The Labute approximate surface area is 177 Å². The van der Waals surface area contributed by atoms with Crippen molar-refractivity contribution in [1.29, 1.82) is 0 Å². The minimum atomic E-state index is -3.66. The first kappa shape index (κ1) is 20.6. The highest BCUT2D eigenvalue weighted by Gasteiger charge is 2.43. The number of hydrogen-bond acceptors (Lipinski definition) is 6. The van der Waals surface area contributed by atoms with Crippen molar-refractivity contribution in [2.75, 3.05) is 24.6 Å². The molecule has 2 heterocycles. The smallest absolute Gasteiger partial charge is 0.296 e. The molecule has 1 saturated carbocycles. The maximum atomic E-state index is 12.3. The number of halogens is 1. The van der Waals surface area contributed by atoms with Crippen molar-refractivity contribution in [3.05, 3.63) is 47.2 Å².